The van der Waals surface area contributed by atoms with Gasteiger partial charge in [-0.1, -0.05) is 36.1 Å². The lowest BCUT2D eigenvalue weighted by molar-refractivity contribution is -0.121. The number of thiocarbonyl (C=S) groups is 1. The molecule has 138 valence electrons. The van der Waals surface area contributed by atoms with Crippen LogP contribution in [0.5, 0.6) is 0 Å². The summed E-state index contributed by atoms with van der Waals surface area (Å²) >= 11 is 6.50. The van der Waals surface area contributed by atoms with Gasteiger partial charge >= 0.3 is 0 Å². The first-order valence-corrected chi connectivity index (χ1v) is 9.95. The summed E-state index contributed by atoms with van der Waals surface area (Å²) in [4.78, 5) is 34.6. The molecule has 27 heavy (non-hydrogen) atoms. The molecule has 4 heterocycles. The SMILES string of the molecule is C=CCN1C(=O)/C(=C\c2c(N3CCCC3)nc3ccccn3c2=O)SC1=S. The highest BCUT2D eigenvalue weighted by Gasteiger charge is 2.32. The quantitative estimate of drug-likeness (QED) is 0.448. The zero-order valence-corrected chi connectivity index (χ0v) is 16.3. The number of anilines is 1. The van der Waals surface area contributed by atoms with Crippen LogP contribution >= 0.6 is 24.0 Å². The molecule has 1 amide bonds. The average molecular weight is 399 g/mol. The van der Waals surface area contributed by atoms with Crippen molar-refractivity contribution in [1.82, 2.24) is 14.3 Å². The van der Waals surface area contributed by atoms with Crippen LogP contribution in [0.4, 0.5) is 5.82 Å². The Balaban J connectivity index is 1.87. The molecule has 2 fully saturated rings. The van der Waals surface area contributed by atoms with E-state index in [-0.39, 0.29) is 11.5 Å². The molecule has 8 heteroatoms. The molecule has 0 radical (unpaired) electrons. The van der Waals surface area contributed by atoms with Crippen molar-refractivity contribution in [3.8, 4) is 0 Å². The van der Waals surface area contributed by atoms with Gasteiger partial charge in [0.2, 0.25) is 0 Å². The van der Waals surface area contributed by atoms with E-state index in [0.29, 0.717) is 32.8 Å². The van der Waals surface area contributed by atoms with Crippen molar-refractivity contribution in [2.45, 2.75) is 12.8 Å². The van der Waals surface area contributed by atoms with Crippen molar-refractivity contribution in [3.63, 3.8) is 0 Å². The number of rotatable bonds is 4. The Hall–Kier alpha value is -2.45. The van der Waals surface area contributed by atoms with Gasteiger partial charge < -0.3 is 4.90 Å². The molecular formula is C19H18N4O2S2. The van der Waals surface area contributed by atoms with Crippen molar-refractivity contribution in [3.05, 3.63) is 57.9 Å². The number of hydrogen-bond donors (Lipinski definition) is 0. The lowest BCUT2D eigenvalue weighted by Crippen LogP contribution is -2.28. The first-order valence-electron chi connectivity index (χ1n) is 8.73. The topological polar surface area (TPSA) is 57.9 Å². The number of hydrogen-bond acceptors (Lipinski definition) is 6. The fourth-order valence-corrected chi connectivity index (χ4v) is 4.56. The van der Waals surface area contributed by atoms with E-state index in [9.17, 15) is 9.59 Å². The molecule has 2 aromatic heterocycles. The molecule has 0 N–H and O–H groups in total. The molecule has 2 saturated heterocycles. The van der Waals surface area contributed by atoms with Crippen molar-refractivity contribution < 1.29 is 4.79 Å². The second kappa shape index (κ2) is 7.28. The van der Waals surface area contributed by atoms with Crippen LogP contribution in [0.25, 0.3) is 11.7 Å². The molecule has 0 saturated carbocycles. The van der Waals surface area contributed by atoms with Gasteiger partial charge in [-0.15, -0.1) is 6.58 Å². The summed E-state index contributed by atoms with van der Waals surface area (Å²) in [6.45, 7) is 5.73. The van der Waals surface area contributed by atoms with Crippen LogP contribution in [0.15, 0.2) is 46.8 Å². The monoisotopic (exact) mass is 398 g/mol. The zero-order valence-electron chi connectivity index (χ0n) is 14.6. The largest absolute Gasteiger partial charge is 0.356 e. The smallest absolute Gasteiger partial charge is 0.267 e. The zero-order chi connectivity index (χ0) is 19.0. The van der Waals surface area contributed by atoms with E-state index >= 15 is 0 Å². The van der Waals surface area contributed by atoms with Crippen molar-refractivity contribution in [2.24, 2.45) is 0 Å². The van der Waals surface area contributed by atoms with Crippen LogP contribution < -0.4 is 10.5 Å². The van der Waals surface area contributed by atoms with Gasteiger partial charge in [-0.3, -0.25) is 18.9 Å². The first kappa shape index (κ1) is 17.9. The standard InChI is InChI=1S/C19H18N4O2S2/c1-2-8-23-18(25)14(27-19(23)26)12-13-16(21-9-5-6-10-21)20-15-7-3-4-11-22(15)17(13)24/h2-4,7,11-12H,1,5-6,8-10H2/b14-12+. The third-order valence-electron chi connectivity index (χ3n) is 4.62. The number of amides is 1. The van der Waals surface area contributed by atoms with Crippen LogP contribution in [-0.4, -0.2) is 44.1 Å². The normalized spacial score (nSPS) is 18.9. The number of carbonyl (C=O) groups is 1. The predicted octanol–water partition coefficient (Wildman–Crippen LogP) is 2.68. The maximum atomic E-state index is 13.2. The van der Waals surface area contributed by atoms with E-state index in [4.69, 9.17) is 17.2 Å². The molecule has 0 spiro atoms. The number of aromatic nitrogens is 2. The van der Waals surface area contributed by atoms with Gasteiger partial charge in [0.1, 0.15) is 15.8 Å². The van der Waals surface area contributed by atoms with E-state index in [1.807, 2.05) is 12.1 Å². The lowest BCUT2D eigenvalue weighted by Gasteiger charge is -2.19. The van der Waals surface area contributed by atoms with Crippen LogP contribution in [-0.2, 0) is 4.79 Å². The summed E-state index contributed by atoms with van der Waals surface area (Å²) in [7, 11) is 0. The van der Waals surface area contributed by atoms with E-state index in [2.05, 4.69) is 11.5 Å². The van der Waals surface area contributed by atoms with Crippen LogP contribution in [0.2, 0.25) is 0 Å². The molecule has 2 aromatic rings. The van der Waals surface area contributed by atoms with Crippen molar-refractivity contribution in [1.29, 1.82) is 0 Å². The lowest BCUT2D eigenvalue weighted by atomic mass is 10.2. The van der Waals surface area contributed by atoms with Gasteiger partial charge in [0, 0.05) is 25.8 Å². The number of thioether (sulfide) groups is 1. The Morgan fingerprint density at radius 2 is 2.04 bits per heavy atom. The maximum Gasteiger partial charge on any atom is 0.267 e. The Labute approximate surface area is 166 Å². The second-order valence-electron chi connectivity index (χ2n) is 6.36. The van der Waals surface area contributed by atoms with Crippen LogP contribution in [0.3, 0.4) is 0 Å². The summed E-state index contributed by atoms with van der Waals surface area (Å²) in [6, 6.07) is 5.46. The number of pyridine rings is 1. The third kappa shape index (κ3) is 3.19. The molecule has 4 rings (SSSR count). The molecular weight excluding hydrogens is 380 g/mol. The molecule has 0 unspecified atom stereocenters. The van der Waals surface area contributed by atoms with Gasteiger partial charge in [0.05, 0.1) is 10.5 Å². The van der Waals surface area contributed by atoms with Gasteiger partial charge in [-0.2, -0.15) is 0 Å². The highest BCUT2D eigenvalue weighted by Crippen LogP contribution is 2.33. The van der Waals surface area contributed by atoms with Crippen molar-refractivity contribution in [2.75, 3.05) is 24.5 Å². The summed E-state index contributed by atoms with van der Waals surface area (Å²) in [5.41, 5.74) is 0.844. The Kier molecular flexibility index (Phi) is 4.84. The minimum atomic E-state index is -0.199. The fourth-order valence-electron chi connectivity index (χ4n) is 3.30. The molecule has 6 nitrogen and oxygen atoms in total. The minimum Gasteiger partial charge on any atom is -0.356 e. The molecule has 0 aromatic carbocycles. The number of carbonyl (C=O) groups excluding carboxylic acids is 1. The van der Waals surface area contributed by atoms with E-state index in [0.717, 1.165) is 25.9 Å². The highest BCUT2D eigenvalue weighted by molar-refractivity contribution is 8.26. The Bertz CT molecular complexity index is 1040. The van der Waals surface area contributed by atoms with E-state index in [1.165, 1.54) is 21.1 Å². The molecule has 2 aliphatic rings. The summed E-state index contributed by atoms with van der Waals surface area (Å²) < 4.78 is 1.98. The van der Waals surface area contributed by atoms with Crippen LogP contribution in [0, 0.1) is 0 Å². The predicted molar refractivity (Wildman–Crippen MR) is 113 cm³/mol. The minimum absolute atomic E-state index is 0.184. The highest BCUT2D eigenvalue weighted by atomic mass is 32.2. The molecule has 0 atom stereocenters. The van der Waals surface area contributed by atoms with E-state index in [1.54, 1.807) is 24.4 Å². The average Bonchev–Trinajstić information content (AvgIpc) is 3.29. The Morgan fingerprint density at radius 3 is 2.78 bits per heavy atom. The van der Waals surface area contributed by atoms with Crippen LogP contribution in [0.1, 0.15) is 18.4 Å². The van der Waals surface area contributed by atoms with E-state index < -0.39 is 0 Å². The van der Waals surface area contributed by atoms with Gasteiger partial charge in [0.15, 0.2) is 0 Å². The summed E-state index contributed by atoms with van der Waals surface area (Å²) in [6.07, 6.45) is 7.10. The molecule has 0 aliphatic carbocycles. The maximum absolute atomic E-state index is 13.2. The second-order valence-corrected chi connectivity index (χ2v) is 8.03. The van der Waals surface area contributed by atoms with Gasteiger partial charge in [0.25, 0.3) is 11.5 Å². The summed E-state index contributed by atoms with van der Waals surface area (Å²) in [5, 5.41) is 0. The Morgan fingerprint density at radius 1 is 1.26 bits per heavy atom. The molecule has 0 bridgehead atoms. The molecule has 2 aliphatic heterocycles. The summed E-state index contributed by atoms with van der Waals surface area (Å²) in [5.74, 6) is 0.438. The number of fused-ring (bicyclic) bond motifs is 1. The first-order chi connectivity index (χ1) is 13.1. The number of nitrogens with zero attached hydrogens (tertiary/aromatic N) is 4. The fraction of sp³-hybridized carbons (Fsp3) is 0.263. The third-order valence-corrected chi connectivity index (χ3v) is 5.99. The van der Waals surface area contributed by atoms with Crippen molar-refractivity contribution >= 4 is 51.7 Å². The van der Waals surface area contributed by atoms with Gasteiger partial charge in [-0.05, 0) is 31.1 Å². The van der Waals surface area contributed by atoms with Gasteiger partial charge in [-0.25, -0.2) is 4.98 Å².